The van der Waals surface area contributed by atoms with Gasteiger partial charge in [0.05, 0.1) is 6.61 Å². The lowest BCUT2D eigenvalue weighted by molar-refractivity contribution is -0.220. The van der Waals surface area contributed by atoms with Gasteiger partial charge in [0.15, 0.2) is 6.10 Å². The van der Waals surface area contributed by atoms with Gasteiger partial charge >= 0.3 is 19.8 Å². The number of allylic oxidation sites excluding steroid dienone is 6. The number of rotatable bonds is 31. The SMILES string of the molecule is CC/C=C\C/C=C\C/C=C\CCCCCCCC(=O)OC[C@H](COP(=O)(O)OC1C(O)C(O)C(O)[C@@H](O)C1O)OC(=O)CCCCCCCCCCC. The molecule has 13 nitrogen and oxygen atoms in total. The fourth-order valence-electron chi connectivity index (χ4n) is 5.77. The minimum absolute atomic E-state index is 0.0932. The molecule has 308 valence electrons. The summed E-state index contributed by atoms with van der Waals surface area (Å²) in [5.74, 6) is -1.12. The van der Waals surface area contributed by atoms with Crippen molar-refractivity contribution >= 4 is 19.8 Å². The van der Waals surface area contributed by atoms with Gasteiger partial charge < -0.3 is 39.9 Å². The maximum atomic E-state index is 12.7. The number of aliphatic hydroxyl groups is 5. The summed E-state index contributed by atoms with van der Waals surface area (Å²) in [6.07, 6.45) is 18.0. The number of unbranched alkanes of at least 4 members (excludes halogenated alkanes) is 13. The van der Waals surface area contributed by atoms with E-state index < -0.39 is 75.7 Å². The molecular formula is C39H69O13P. The molecule has 53 heavy (non-hydrogen) atoms. The lowest BCUT2D eigenvalue weighted by Gasteiger charge is -2.41. The van der Waals surface area contributed by atoms with Crippen LogP contribution in [0.3, 0.4) is 0 Å². The summed E-state index contributed by atoms with van der Waals surface area (Å²) in [6.45, 7) is 3.11. The molecular weight excluding hydrogens is 707 g/mol. The molecule has 1 rings (SSSR count). The molecule has 6 unspecified atom stereocenters. The quantitative estimate of drug-likeness (QED) is 0.0199. The Morgan fingerprint density at radius 3 is 1.64 bits per heavy atom. The molecule has 0 amide bonds. The van der Waals surface area contributed by atoms with Crippen LogP contribution >= 0.6 is 7.82 Å². The first-order valence-electron chi connectivity index (χ1n) is 19.8. The molecule has 1 fully saturated rings. The third kappa shape index (κ3) is 23.6. The van der Waals surface area contributed by atoms with Gasteiger partial charge in [-0.15, -0.1) is 0 Å². The number of carbonyl (C=O) groups is 2. The zero-order valence-electron chi connectivity index (χ0n) is 32.1. The van der Waals surface area contributed by atoms with Gasteiger partial charge in [-0.3, -0.25) is 18.6 Å². The first-order chi connectivity index (χ1) is 25.4. The van der Waals surface area contributed by atoms with E-state index in [0.717, 1.165) is 77.0 Å². The standard InChI is InChI=1S/C39H69O13P/c1-3-5-7-9-11-13-14-15-16-17-18-20-21-23-25-27-32(40)49-29-31(51-33(41)28-26-24-22-19-12-10-8-6-4-2)30-50-53(47,48)52-39-37(45)35(43)34(42)36(44)38(39)46/h5,7,11,13,15-16,31,34-39,42-46H,3-4,6,8-10,12,14,17-30H2,1-2H3,(H,47,48)/b7-5-,13-11-,16-15-/t31-,34?,35-,36?,37?,38?,39?/m1/s1. The van der Waals surface area contributed by atoms with Gasteiger partial charge in [-0.2, -0.15) is 0 Å². The average molecular weight is 777 g/mol. The molecule has 6 N–H and O–H groups in total. The molecule has 1 aliphatic rings. The van der Waals surface area contributed by atoms with Crippen LogP contribution in [0.25, 0.3) is 0 Å². The summed E-state index contributed by atoms with van der Waals surface area (Å²) in [6, 6.07) is 0. The molecule has 0 heterocycles. The molecule has 0 radical (unpaired) electrons. The van der Waals surface area contributed by atoms with Crippen LogP contribution in [0.4, 0.5) is 0 Å². The van der Waals surface area contributed by atoms with Crippen molar-refractivity contribution in [1.82, 2.24) is 0 Å². The lowest BCUT2D eigenvalue weighted by atomic mass is 9.85. The van der Waals surface area contributed by atoms with E-state index in [0.29, 0.717) is 12.8 Å². The Bertz CT molecular complexity index is 1080. The Kier molecular flexibility index (Phi) is 28.1. The van der Waals surface area contributed by atoms with Gasteiger partial charge in [0.25, 0.3) is 0 Å². The van der Waals surface area contributed by atoms with Crippen molar-refractivity contribution in [2.45, 2.75) is 185 Å². The third-order valence-corrected chi connectivity index (χ3v) is 9.98. The molecule has 1 aliphatic carbocycles. The number of esters is 2. The predicted octanol–water partition coefficient (Wildman–Crippen LogP) is 6.27. The van der Waals surface area contributed by atoms with Gasteiger partial charge in [-0.1, -0.05) is 121 Å². The molecule has 0 aromatic heterocycles. The van der Waals surface area contributed by atoms with Crippen LogP contribution < -0.4 is 0 Å². The van der Waals surface area contributed by atoms with Crippen molar-refractivity contribution in [2.24, 2.45) is 0 Å². The number of carbonyl (C=O) groups excluding carboxylic acids is 2. The highest BCUT2D eigenvalue weighted by atomic mass is 31.2. The summed E-state index contributed by atoms with van der Waals surface area (Å²) < 4.78 is 33.3. The molecule has 14 heteroatoms. The molecule has 8 atom stereocenters. The van der Waals surface area contributed by atoms with Crippen LogP contribution in [0.15, 0.2) is 36.5 Å². The molecule has 0 spiro atoms. The van der Waals surface area contributed by atoms with E-state index in [2.05, 4.69) is 50.3 Å². The van der Waals surface area contributed by atoms with E-state index in [4.69, 9.17) is 18.5 Å². The van der Waals surface area contributed by atoms with E-state index in [-0.39, 0.29) is 12.8 Å². The number of ether oxygens (including phenoxy) is 2. The Labute approximate surface area is 317 Å². The van der Waals surface area contributed by atoms with Crippen LogP contribution in [-0.2, 0) is 32.7 Å². The zero-order chi connectivity index (χ0) is 39.3. The Morgan fingerprint density at radius 2 is 1.08 bits per heavy atom. The van der Waals surface area contributed by atoms with Crippen molar-refractivity contribution < 1.29 is 63.1 Å². The van der Waals surface area contributed by atoms with Gasteiger partial charge in [0.2, 0.25) is 0 Å². The van der Waals surface area contributed by atoms with Crippen LogP contribution in [0.1, 0.15) is 142 Å². The Hall–Kier alpha value is -1.93. The smallest absolute Gasteiger partial charge is 0.462 e. The number of hydrogen-bond acceptors (Lipinski definition) is 12. The maximum absolute atomic E-state index is 12.7. The van der Waals surface area contributed by atoms with Crippen molar-refractivity contribution in [1.29, 1.82) is 0 Å². The highest BCUT2D eigenvalue weighted by molar-refractivity contribution is 7.47. The second-order valence-electron chi connectivity index (χ2n) is 13.8. The van der Waals surface area contributed by atoms with Crippen molar-refractivity contribution in [3.63, 3.8) is 0 Å². The van der Waals surface area contributed by atoms with E-state index >= 15 is 0 Å². The largest absolute Gasteiger partial charge is 0.472 e. The van der Waals surface area contributed by atoms with Crippen LogP contribution in [0.2, 0.25) is 0 Å². The normalized spacial score (nSPS) is 23.8. The predicted molar refractivity (Wildman–Crippen MR) is 203 cm³/mol. The van der Waals surface area contributed by atoms with Gasteiger partial charge in [-0.25, -0.2) is 4.57 Å². The number of phosphoric acid groups is 1. The zero-order valence-corrected chi connectivity index (χ0v) is 32.9. The Morgan fingerprint density at radius 1 is 0.604 bits per heavy atom. The van der Waals surface area contributed by atoms with E-state index in [1.807, 2.05) is 0 Å². The molecule has 0 aromatic carbocycles. The fourth-order valence-corrected chi connectivity index (χ4v) is 6.74. The fraction of sp³-hybridized carbons (Fsp3) is 0.795. The lowest BCUT2D eigenvalue weighted by Crippen LogP contribution is -2.64. The molecule has 0 aromatic rings. The van der Waals surface area contributed by atoms with Gasteiger partial charge in [0, 0.05) is 12.8 Å². The summed E-state index contributed by atoms with van der Waals surface area (Å²) >= 11 is 0. The van der Waals surface area contributed by atoms with Crippen LogP contribution in [0.5, 0.6) is 0 Å². The van der Waals surface area contributed by atoms with Crippen LogP contribution in [0, 0.1) is 0 Å². The third-order valence-electron chi connectivity index (χ3n) is 9.00. The number of hydrogen-bond donors (Lipinski definition) is 6. The summed E-state index contributed by atoms with van der Waals surface area (Å²) in [7, 11) is -5.11. The number of aliphatic hydroxyl groups excluding tert-OH is 5. The maximum Gasteiger partial charge on any atom is 0.472 e. The monoisotopic (exact) mass is 776 g/mol. The van der Waals surface area contributed by atoms with Crippen LogP contribution in [-0.4, -0.2) is 98.3 Å². The van der Waals surface area contributed by atoms with Crippen molar-refractivity contribution in [2.75, 3.05) is 13.2 Å². The molecule has 1 saturated carbocycles. The molecule has 0 saturated heterocycles. The summed E-state index contributed by atoms with van der Waals surface area (Å²) in [5.41, 5.74) is 0. The minimum Gasteiger partial charge on any atom is -0.462 e. The topological polar surface area (TPSA) is 210 Å². The van der Waals surface area contributed by atoms with Gasteiger partial charge in [0.1, 0.15) is 43.2 Å². The van der Waals surface area contributed by atoms with E-state index in [1.54, 1.807) is 0 Å². The highest BCUT2D eigenvalue weighted by Gasteiger charge is 2.51. The van der Waals surface area contributed by atoms with E-state index in [1.165, 1.54) is 25.7 Å². The first-order valence-corrected chi connectivity index (χ1v) is 21.3. The molecule has 0 bridgehead atoms. The summed E-state index contributed by atoms with van der Waals surface area (Å²) in [4.78, 5) is 35.4. The second kappa shape index (κ2) is 30.3. The van der Waals surface area contributed by atoms with Crippen molar-refractivity contribution in [3.05, 3.63) is 36.5 Å². The van der Waals surface area contributed by atoms with E-state index in [9.17, 15) is 44.6 Å². The van der Waals surface area contributed by atoms with Crippen molar-refractivity contribution in [3.8, 4) is 0 Å². The molecule has 0 aliphatic heterocycles. The average Bonchev–Trinajstić information content (AvgIpc) is 3.13. The minimum atomic E-state index is -5.11. The second-order valence-corrected chi connectivity index (χ2v) is 15.2. The Balaban J connectivity index is 2.52. The summed E-state index contributed by atoms with van der Waals surface area (Å²) in [5, 5.41) is 49.9. The highest BCUT2D eigenvalue weighted by Crippen LogP contribution is 2.47. The van der Waals surface area contributed by atoms with Gasteiger partial charge in [-0.05, 0) is 44.9 Å². The first kappa shape index (κ1) is 49.1. The number of phosphoric ester groups is 1.